The maximum absolute atomic E-state index is 5.73. The average Bonchev–Trinajstić information content (AvgIpc) is 2.91. The van der Waals surface area contributed by atoms with Gasteiger partial charge in [0.1, 0.15) is 0 Å². The fourth-order valence-electron chi connectivity index (χ4n) is 2.41. The minimum Gasteiger partial charge on any atom is -0.377 e. The van der Waals surface area contributed by atoms with Crippen LogP contribution in [0.5, 0.6) is 0 Å². The fraction of sp³-hybridized carbons (Fsp3) is 0.438. The summed E-state index contributed by atoms with van der Waals surface area (Å²) in [4.78, 5) is 8.22. The van der Waals surface area contributed by atoms with Crippen LogP contribution in [0.1, 0.15) is 24.1 Å². The van der Waals surface area contributed by atoms with Gasteiger partial charge in [-0.15, -0.1) is 11.3 Å². The van der Waals surface area contributed by atoms with Gasteiger partial charge in [-0.2, -0.15) is 0 Å². The summed E-state index contributed by atoms with van der Waals surface area (Å²) in [6.45, 7) is 2.92. The van der Waals surface area contributed by atoms with Crippen LogP contribution in [-0.4, -0.2) is 32.7 Å². The number of aromatic nitrogens is 1. The number of nitrogens with one attached hydrogen (secondary N) is 1. The molecule has 114 valence electrons. The van der Waals surface area contributed by atoms with Crippen LogP contribution in [0.3, 0.4) is 0 Å². The van der Waals surface area contributed by atoms with E-state index in [9.17, 15) is 0 Å². The van der Waals surface area contributed by atoms with Crippen LogP contribution < -0.4 is 16.0 Å². The summed E-state index contributed by atoms with van der Waals surface area (Å²) in [6, 6.07) is 8.40. The Bertz CT molecular complexity index is 592. The highest BCUT2D eigenvalue weighted by Gasteiger charge is 2.20. The van der Waals surface area contributed by atoms with Crippen LogP contribution in [0, 0.1) is 0 Å². The third-order valence-corrected chi connectivity index (χ3v) is 4.86. The van der Waals surface area contributed by atoms with Crippen LogP contribution in [0.4, 0.5) is 10.8 Å². The summed E-state index contributed by atoms with van der Waals surface area (Å²) in [5.74, 6) is 0.416. The first-order chi connectivity index (χ1) is 10.1. The first-order valence-corrected chi connectivity index (χ1v) is 8.05. The number of hydrogen-bond donors (Lipinski definition) is 2. The lowest BCUT2D eigenvalue weighted by molar-refractivity contribution is 0.701. The molecule has 0 aliphatic carbocycles. The Labute approximate surface area is 131 Å². The topological polar surface area (TPSA) is 54.2 Å². The van der Waals surface area contributed by atoms with Crippen molar-refractivity contribution in [3.63, 3.8) is 0 Å². The molecule has 1 heterocycles. The first-order valence-electron chi connectivity index (χ1n) is 7.23. The number of rotatable bonds is 6. The molecule has 21 heavy (non-hydrogen) atoms. The van der Waals surface area contributed by atoms with Gasteiger partial charge in [-0.05, 0) is 24.9 Å². The number of hydrogen-bond acceptors (Lipinski definition) is 5. The second kappa shape index (κ2) is 6.91. The molecule has 3 N–H and O–H groups in total. The molecule has 0 amide bonds. The normalized spacial score (nSPS) is 12.2. The Kier molecular flexibility index (Phi) is 5.20. The maximum atomic E-state index is 5.73. The lowest BCUT2D eigenvalue weighted by Crippen LogP contribution is -2.10. The van der Waals surface area contributed by atoms with Crippen molar-refractivity contribution in [3.8, 4) is 11.3 Å². The molecule has 1 unspecified atom stereocenters. The van der Waals surface area contributed by atoms with E-state index in [0.29, 0.717) is 12.5 Å². The van der Waals surface area contributed by atoms with E-state index in [1.807, 2.05) is 7.05 Å². The Morgan fingerprint density at radius 1 is 1.33 bits per heavy atom. The molecule has 5 heteroatoms. The van der Waals surface area contributed by atoms with E-state index in [2.05, 4.69) is 55.5 Å². The first kappa shape index (κ1) is 15.8. The number of thiazole rings is 1. The third-order valence-electron chi connectivity index (χ3n) is 3.56. The Morgan fingerprint density at radius 3 is 2.67 bits per heavy atom. The molecular weight excluding hydrogens is 280 g/mol. The van der Waals surface area contributed by atoms with E-state index >= 15 is 0 Å². The summed E-state index contributed by atoms with van der Waals surface area (Å²) in [7, 11) is 6.04. The molecule has 0 saturated heterocycles. The van der Waals surface area contributed by atoms with E-state index in [0.717, 1.165) is 17.2 Å². The van der Waals surface area contributed by atoms with Crippen molar-refractivity contribution in [2.75, 3.05) is 37.9 Å². The van der Waals surface area contributed by atoms with E-state index in [1.165, 1.54) is 16.1 Å². The zero-order valence-electron chi connectivity index (χ0n) is 13.2. The van der Waals surface area contributed by atoms with Crippen molar-refractivity contribution in [2.45, 2.75) is 19.3 Å². The largest absolute Gasteiger partial charge is 0.377 e. The van der Waals surface area contributed by atoms with E-state index in [-0.39, 0.29) is 0 Å². The minimum absolute atomic E-state index is 0.416. The van der Waals surface area contributed by atoms with Crippen LogP contribution in [-0.2, 0) is 0 Å². The van der Waals surface area contributed by atoms with Gasteiger partial charge in [0.15, 0.2) is 5.13 Å². The zero-order chi connectivity index (χ0) is 15.4. The summed E-state index contributed by atoms with van der Waals surface area (Å²) in [5, 5.41) is 4.12. The monoisotopic (exact) mass is 304 g/mol. The third kappa shape index (κ3) is 3.36. The Hall–Kier alpha value is -1.59. The lowest BCUT2D eigenvalue weighted by atomic mass is 10.00. The highest BCUT2D eigenvalue weighted by molar-refractivity contribution is 7.16. The quantitative estimate of drug-likeness (QED) is 0.859. The van der Waals surface area contributed by atoms with Crippen molar-refractivity contribution in [3.05, 3.63) is 29.1 Å². The number of para-hydroxylation sites is 1. The Balaban J connectivity index is 2.55. The van der Waals surface area contributed by atoms with Gasteiger partial charge in [-0.1, -0.05) is 25.1 Å². The molecule has 1 aromatic heterocycles. The lowest BCUT2D eigenvalue weighted by Gasteiger charge is -2.18. The molecule has 0 aliphatic rings. The molecule has 0 fully saturated rings. The molecule has 0 bridgehead atoms. The van der Waals surface area contributed by atoms with Crippen molar-refractivity contribution >= 4 is 22.2 Å². The minimum atomic E-state index is 0.416. The SMILES string of the molecule is CNc1nc(-c2ccccc2N(C)C)c(C(C)CCN)s1. The number of nitrogens with zero attached hydrogens (tertiary/aromatic N) is 2. The zero-order valence-corrected chi connectivity index (χ0v) is 14.0. The number of nitrogens with two attached hydrogens (primary N) is 1. The molecule has 0 saturated carbocycles. The smallest absolute Gasteiger partial charge is 0.183 e. The van der Waals surface area contributed by atoms with E-state index in [1.54, 1.807) is 11.3 Å². The van der Waals surface area contributed by atoms with Gasteiger partial charge < -0.3 is 16.0 Å². The van der Waals surface area contributed by atoms with Gasteiger partial charge in [0.05, 0.1) is 5.69 Å². The van der Waals surface area contributed by atoms with Crippen molar-refractivity contribution in [1.82, 2.24) is 4.98 Å². The summed E-state index contributed by atoms with van der Waals surface area (Å²) in [5.41, 5.74) is 9.18. The second-order valence-electron chi connectivity index (χ2n) is 5.37. The highest BCUT2D eigenvalue weighted by atomic mass is 32.1. The predicted octanol–water partition coefficient (Wildman–Crippen LogP) is 3.37. The molecule has 0 aliphatic heterocycles. The average molecular weight is 304 g/mol. The maximum Gasteiger partial charge on any atom is 0.183 e. The standard InChI is InChI=1S/C16H24N4S/c1-11(9-10-17)15-14(19-16(18-2)21-15)12-7-5-6-8-13(12)20(3)4/h5-8,11H,9-10,17H2,1-4H3,(H,18,19). The molecule has 1 atom stereocenters. The Morgan fingerprint density at radius 2 is 2.05 bits per heavy atom. The highest BCUT2D eigenvalue weighted by Crippen LogP contribution is 2.40. The van der Waals surface area contributed by atoms with E-state index < -0.39 is 0 Å². The van der Waals surface area contributed by atoms with E-state index in [4.69, 9.17) is 10.7 Å². The fourth-order valence-corrected chi connectivity index (χ4v) is 3.43. The van der Waals surface area contributed by atoms with Crippen LogP contribution in [0.25, 0.3) is 11.3 Å². The molecule has 1 aromatic carbocycles. The van der Waals surface area contributed by atoms with Crippen LogP contribution in [0.2, 0.25) is 0 Å². The van der Waals surface area contributed by atoms with Crippen LogP contribution in [0.15, 0.2) is 24.3 Å². The van der Waals surface area contributed by atoms with Gasteiger partial charge in [0.2, 0.25) is 0 Å². The van der Waals surface area contributed by atoms with Gasteiger partial charge >= 0.3 is 0 Å². The molecule has 2 rings (SSSR count). The molecule has 2 aromatic rings. The van der Waals surface area contributed by atoms with Gasteiger partial charge in [-0.25, -0.2) is 4.98 Å². The summed E-state index contributed by atoms with van der Waals surface area (Å²) < 4.78 is 0. The second-order valence-corrected chi connectivity index (χ2v) is 6.40. The number of anilines is 2. The summed E-state index contributed by atoms with van der Waals surface area (Å²) in [6.07, 6.45) is 0.975. The molecule has 4 nitrogen and oxygen atoms in total. The molecular formula is C16H24N4S. The summed E-state index contributed by atoms with van der Waals surface area (Å²) >= 11 is 1.73. The van der Waals surface area contributed by atoms with Gasteiger partial charge in [0, 0.05) is 37.3 Å². The van der Waals surface area contributed by atoms with Crippen molar-refractivity contribution in [1.29, 1.82) is 0 Å². The van der Waals surface area contributed by atoms with Gasteiger partial charge in [0.25, 0.3) is 0 Å². The van der Waals surface area contributed by atoms with Crippen molar-refractivity contribution in [2.24, 2.45) is 5.73 Å². The molecule has 0 radical (unpaired) electrons. The van der Waals surface area contributed by atoms with Crippen LogP contribution >= 0.6 is 11.3 Å². The molecule has 0 spiro atoms. The van der Waals surface area contributed by atoms with Gasteiger partial charge in [-0.3, -0.25) is 0 Å². The van der Waals surface area contributed by atoms with Crippen molar-refractivity contribution < 1.29 is 0 Å². The number of benzene rings is 1. The predicted molar refractivity (Wildman–Crippen MR) is 93.5 cm³/mol.